The second-order valence-electron chi connectivity index (χ2n) is 3.29. The van der Waals surface area contributed by atoms with Crippen LogP contribution >= 0.6 is 0 Å². The van der Waals surface area contributed by atoms with Gasteiger partial charge >= 0.3 is 0 Å². The molecule has 2 nitrogen and oxygen atoms in total. The molecule has 0 saturated heterocycles. The van der Waals surface area contributed by atoms with E-state index in [2.05, 4.69) is 19.4 Å². The van der Waals surface area contributed by atoms with Crippen LogP contribution in [0.4, 0.5) is 0 Å². The van der Waals surface area contributed by atoms with E-state index in [1.165, 1.54) is 0 Å². The van der Waals surface area contributed by atoms with Gasteiger partial charge in [-0.15, -0.1) is 0 Å². The van der Waals surface area contributed by atoms with Crippen LogP contribution < -0.4 is 0 Å². The third-order valence-electron chi connectivity index (χ3n) is 2.64. The smallest absolute Gasteiger partial charge is 0.0662 e. The van der Waals surface area contributed by atoms with Crippen molar-refractivity contribution in [2.75, 3.05) is 13.7 Å². The lowest BCUT2D eigenvalue weighted by atomic mass is 9.89. The molecular formula is C10H15NO. The molecule has 1 rings (SSSR count). The van der Waals surface area contributed by atoms with Crippen molar-refractivity contribution < 1.29 is 4.74 Å². The summed E-state index contributed by atoms with van der Waals surface area (Å²) in [6.45, 7) is 4.57. The van der Waals surface area contributed by atoms with Gasteiger partial charge in [0.2, 0.25) is 0 Å². The van der Waals surface area contributed by atoms with Crippen molar-refractivity contribution in [3.05, 3.63) is 13.3 Å². The number of methoxy groups -OCH3 is 1. The Morgan fingerprint density at radius 2 is 2.50 bits per heavy atom. The number of ether oxygens (including phenoxy) is 1. The van der Waals surface area contributed by atoms with Gasteiger partial charge in [-0.25, -0.2) is 0 Å². The molecule has 0 amide bonds. The molecule has 2 radical (unpaired) electrons. The molecule has 2 heteroatoms. The topological polar surface area (TPSA) is 33.0 Å². The first-order valence-corrected chi connectivity index (χ1v) is 4.34. The minimum atomic E-state index is 0.0803. The van der Waals surface area contributed by atoms with E-state index in [1.54, 1.807) is 7.11 Å². The molecule has 0 N–H and O–H groups in total. The van der Waals surface area contributed by atoms with Gasteiger partial charge in [0, 0.05) is 13.0 Å². The van der Waals surface area contributed by atoms with E-state index in [0.717, 1.165) is 12.8 Å². The van der Waals surface area contributed by atoms with Crippen LogP contribution in [0.5, 0.6) is 0 Å². The molecule has 1 aliphatic rings. The van der Waals surface area contributed by atoms with Gasteiger partial charge in [0.25, 0.3) is 0 Å². The first-order chi connectivity index (χ1) is 5.83. The lowest BCUT2D eigenvalue weighted by Crippen LogP contribution is -2.19. The first-order valence-electron chi connectivity index (χ1n) is 4.34. The molecule has 0 aromatic carbocycles. The van der Waals surface area contributed by atoms with Gasteiger partial charge in [-0.1, -0.05) is 13.3 Å². The van der Waals surface area contributed by atoms with Crippen LogP contribution in [0.15, 0.2) is 0 Å². The molecule has 0 heterocycles. The number of hydrogen-bond acceptors (Lipinski definition) is 2. The Balaban J connectivity index is 2.54. The Morgan fingerprint density at radius 3 is 3.00 bits per heavy atom. The van der Waals surface area contributed by atoms with Gasteiger partial charge in [0.05, 0.1) is 18.6 Å². The molecule has 0 aromatic heterocycles. The molecule has 1 aliphatic carbocycles. The molecule has 1 saturated carbocycles. The predicted molar refractivity (Wildman–Crippen MR) is 46.9 cm³/mol. The van der Waals surface area contributed by atoms with Crippen molar-refractivity contribution >= 4 is 0 Å². The van der Waals surface area contributed by atoms with Gasteiger partial charge in [-0.2, -0.15) is 5.26 Å². The van der Waals surface area contributed by atoms with Gasteiger partial charge in [-0.3, -0.25) is 0 Å². The molecule has 0 aromatic rings. The first kappa shape index (κ1) is 9.54. The average molecular weight is 165 g/mol. The minimum Gasteiger partial charge on any atom is -0.384 e. The van der Waals surface area contributed by atoms with Crippen LogP contribution in [-0.4, -0.2) is 13.7 Å². The van der Waals surface area contributed by atoms with E-state index >= 15 is 0 Å². The second kappa shape index (κ2) is 4.47. The van der Waals surface area contributed by atoms with Crippen molar-refractivity contribution in [1.29, 1.82) is 5.26 Å². The van der Waals surface area contributed by atoms with Gasteiger partial charge < -0.3 is 4.74 Å². The highest BCUT2D eigenvalue weighted by atomic mass is 16.5. The lowest BCUT2D eigenvalue weighted by molar-refractivity contribution is 0.122. The molecule has 12 heavy (non-hydrogen) atoms. The largest absolute Gasteiger partial charge is 0.384 e. The molecule has 1 fully saturated rings. The zero-order valence-corrected chi connectivity index (χ0v) is 7.49. The number of hydrogen-bond donors (Lipinski definition) is 0. The number of rotatable bonds is 3. The SMILES string of the molecule is [CH2]CC1C[CH]C(C#N)C1COC. The fourth-order valence-electron chi connectivity index (χ4n) is 1.88. The highest BCUT2D eigenvalue weighted by Gasteiger charge is 2.34. The van der Waals surface area contributed by atoms with Crippen LogP contribution in [0.1, 0.15) is 12.8 Å². The van der Waals surface area contributed by atoms with E-state index in [4.69, 9.17) is 10.00 Å². The standard InChI is InChI=1S/C10H15NO/c1-3-8-4-5-9(6-11)10(8)7-12-2/h5,8-10H,1,3-4,7H2,2H3. The molecule has 3 unspecified atom stereocenters. The summed E-state index contributed by atoms with van der Waals surface area (Å²) >= 11 is 0. The maximum absolute atomic E-state index is 8.82. The van der Waals surface area contributed by atoms with E-state index in [1.807, 2.05) is 0 Å². The van der Waals surface area contributed by atoms with Gasteiger partial charge in [-0.05, 0) is 18.8 Å². The second-order valence-corrected chi connectivity index (χ2v) is 3.29. The van der Waals surface area contributed by atoms with E-state index in [-0.39, 0.29) is 5.92 Å². The van der Waals surface area contributed by atoms with Crippen molar-refractivity contribution in [1.82, 2.24) is 0 Å². The van der Waals surface area contributed by atoms with Crippen LogP contribution in [0, 0.1) is 42.4 Å². The summed E-state index contributed by atoms with van der Waals surface area (Å²) in [6.07, 6.45) is 4.03. The lowest BCUT2D eigenvalue weighted by Gasteiger charge is -2.18. The molecule has 3 atom stereocenters. The third kappa shape index (κ3) is 1.78. The Bertz CT molecular complexity index is 173. The maximum atomic E-state index is 8.82. The summed E-state index contributed by atoms with van der Waals surface area (Å²) in [5, 5.41) is 8.82. The minimum absolute atomic E-state index is 0.0803. The average Bonchev–Trinajstić information content (AvgIpc) is 2.48. The maximum Gasteiger partial charge on any atom is 0.0662 e. The van der Waals surface area contributed by atoms with Crippen molar-refractivity contribution in [2.24, 2.45) is 17.8 Å². The quantitative estimate of drug-likeness (QED) is 0.639. The Kier molecular flexibility index (Phi) is 3.55. The highest BCUT2D eigenvalue weighted by molar-refractivity contribution is 5.05. The number of nitriles is 1. The van der Waals surface area contributed by atoms with Crippen LogP contribution in [-0.2, 0) is 4.74 Å². The summed E-state index contributed by atoms with van der Waals surface area (Å²) < 4.78 is 5.09. The summed E-state index contributed by atoms with van der Waals surface area (Å²) in [5.41, 5.74) is 0. The summed E-state index contributed by atoms with van der Waals surface area (Å²) in [7, 11) is 1.69. The molecular weight excluding hydrogens is 150 g/mol. The van der Waals surface area contributed by atoms with Crippen molar-refractivity contribution in [2.45, 2.75) is 12.8 Å². The van der Waals surface area contributed by atoms with E-state index < -0.39 is 0 Å². The molecule has 66 valence electrons. The molecule has 0 aliphatic heterocycles. The van der Waals surface area contributed by atoms with E-state index in [0.29, 0.717) is 18.4 Å². The van der Waals surface area contributed by atoms with Gasteiger partial charge in [0.15, 0.2) is 0 Å². The predicted octanol–water partition coefficient (Wildman–Crippen LogP) is 1.84. The van der Waals surface area contributed by atoms with Crippen LogP contribution in [0.2, 0.25) is 0 Å². The highest BCUT2D eigenvalue weighted by Crippen LogP contribution is 2.37. The van der Waals surface area contributed by atoms with Crippen LogP contribution in [0.25, 0.3) is 0 Å². The van der Waals surface area contributed by atoms with Crippen LogP contribution in [0.3, 0.4) is 0 Å². The fraction of sp³-hybridized carbons (Fsp3) is 0.700. The fourth-order valence-corrected chi connectivity index (χ4v) is 1.88. The zero-order chi connectivity index (χ0) is 8.97. The Labute approximate surface area is 74.5 Å². The number of nitrogens with zero attached hydrogens (tertiary/aromatic N) is 1. The Morgan fingerprint density at radius 1 is 1.75 bits per heavy atom. The normalized spacial score (nSPS) is 34.9. The summed E-state index contributed by atoms with van der Waals surface area (Å²) in [5.74, 6) is 1.00. The van der Waals surface area contributed by atoms with E-state index in [9.17, 15) is 0 Å². The molecule has 0 bridgehead atoms. The molecule has 0 spiro atoms. The Hall–Kier alpha value is -0.550. The third-order valence-corrected chi connectivity index (χ3v) is 2.64. The summed E-state index contributed by atoms with van der Waals surface area (Å²) in [6, 6.07) is 2.30. The summed E-state index contributed by atoms with van der Waals surface area (Å²) in [4.78, 5) is 0. The monoisotopic (exact) mass is 165 g/mol. The van der Waals surface area contributed by atoms with Crippen molar-refractivity contribution in [3.8, 4) is 6.07 Å². The van der Waals surface area contributed by atoms with Gasteiger partial charge in [0.1, 0.15) is 0 Å². The zero-order valence-electron chi connectivity index (χ0n) is 7.49. The van der Waals surface area contributed by atoms with Crippen molar-refractivity contribution in [3.63, 3.8) is 0 Å².